The van der Waals surface area contributed by atoms with E-state index in [0.29, 0.717) is 6.42 Å². The van der Waals surface area contributed by atoms with Gasteiger partial charge in [0.2, 0.25) is 5.91 Å². The van der Waals surface area contributed by atoms with Crippen LogP contribution in [0.15, 0.2) is 0 Å². The van der Waals surface area contributed by atoms with E-state index < -0.39 is 145 Å². The van der Waals surface area contributed by atoms with Gasteiger partial charge in [0.25, 0.3) is 0 Å². The summed E-state index contributed by atoms with van der Waals surface area (Å²) in [6, 6.07) is -5.12. The molecule has 1 aliphatic carbocycles. The zero-order chi connectivity index (χ0) is 50.1. The van der Waals surface area contributed by atoms with Gasteiger partial charge in [-0.2, -0.15) is 0 Å². The normalized spacial score (nSPS) is 31.3. The Morgan fingerprint density at radius 1 is 0.621 bits per heavy atom. The standard InChI is InChI=1S/C42H76N6O18/c1-39(2,3)63-35(55)44-16-15-24(50)32(54)45-22-17-23(47-37(57)65-41(7,8)9)31(61-33-21(14-13-20(18-43)59-33)46-36(56)64-40(4,5)6)29(53)30(22)62-34-28(52)26(27(51)25(19-49)60-34)48-38(58)66-42(10,11)12/h20-31,33-34,49-53H,13-19,43H2,1-12H3,(H,44,55)(H,45,54)(H,46,56)(H,47,57)(H,48,58)/t20?,21?,22-,23-,24+,25?,26+,27-,28?,29?,30+,31?,33-,34-/m1/s1. The first-order chi connectivity index (χ1) is 30.3. The van der Waals surface area contributed by atoms with Gasteiger partial charge in [-0.3, -0.25) is 4.79 Å². The number of aliphatic hydroxyl groups is 5. The second-order valence-corrected chi connectivity index (χ2v) is 20.6. The Labute approximate surface area is 385 Å². The Balaban J connectivity index is 2.07. The highest BCUT2D eigenvalue weighted by molar-refractivity contribution is 5.81. The summed E-state index contributed by atoms with van der Waals surface area (Å²) in [5, 5.41) is 69.1. The zero-order valence-corrected chi connectivity index (χ0v) is 40.2. The van der Waals surface area contributed by atoms with Gasteiger partial charge in [0.1, 0.15) is 65.1 Å². The number of nitrogens with two attached hydrogens (primary N) is 1. The third-order valence-corrected chi connectivity index (χ3v) is 9.96. The van der Waals surface area contributed by atoms with Gasteiger partial charge in [0.15, 0.2) is 12.6 Å². The molecule has 2 aliphatic heterocycles. The van der Waals surface area contributed by atoms with Crippen molar-refractivity contribution in [1.82, 2.24) is 26.6 Å². The molecule has 12 N–H and O–H groups in total. The van der Waals surface area contributed by atoms with Crippen molar-refractivity contribution in [2.75, 3.05) is 19.7 Å². The molecular formula is C42H76N6O18. The van der Waals surface area contributed by atoms with Gasteiger partial charge in [0, 0.05) is 13.1 Å². The average molecular weight is 953 g/mol. The Bertz CT molecular complexity index is 1610. The van der Waals surface area contributed by atoms with Gasteiger partial charge in [-0.05, 0) is 109 Å². The van der Waals surface area contributed by atoms with Crippen molar-refractivity contribution in [3.05, 3.63) is 0 Å². The average Bonchev–Trinajstić information content (AvgIpc) is 3.14. The Hall–Kier alpha value is -3.85. The first-order valence-electron chi connectivity index (χ1n) is 22.2. The van der Waals surface area contributed by atoms with Crippen molar-refractivity contribution in [3.8, 4) is 0 Å². The molecule has 0 aromatic carbocycles. The molecule has 3 aliphatic rings. The molecule has 66 heavy (non-hydrogen) atoms. The van der Waals surface area contributed by atoms with Crippen LogP contribution in [0.25, 0.3) is 0 Å². The lowest BCUT2D eigenvalue weighted by atomic mass is 9.83. The molecule has 1 saturated carbocycles. The number of nitrogens with one attached hydrogen (secondary N) is 5. The van der Waals surface area contributed by atoms with E-state index in [-0.39, 0.29) is 32.4 Å². The number of rotatable bonds is 14. The fourth-order valence-electron chi connectivity index (χ4n) is 7.21. The largest absolute Gasteiger partial charge is 0.444 e. The van der Waals surface area contributed by atoms with Gasteiger partial charge >= 0.3 is 24.4 Å². The van der Waals surface area contributed by atoms with Crippen LogP contribution in [0, 0.1) is 0 Å². The maximum Gasteiger partial charge on any atom is 0.408 e. The maximum atomic E-state index is 13.7. The van der Waals surface area contributed by atoms with Crippen LogP contribution in [-0.2, 0) is 42.7 Å². The predicted molar refractivity (Wildman–Crippen MR) is 231 cm³/mol. The third kappa shape index (κ3) is 18.3. The number of aliphatic hydroxyl groups excluding tert-OH is 5. The van der Waals surface area contributed by atoms with E-state index in [2.05, 4.69) is 26.6 Å². The second kappa shape index (κ2) is 23.4. The molecule has 2 heterocycles. The van der Waals surface area contributed by atoms with Crippen molar-refractivity contribution in [2.24, 2.45) is 5.73 Å². The van der Waals surface area contributed by atoms with Crippen molar-refractivity contribution < 1.29 is 87.4 Å². The summed E-state index contributed by atoms with van der Waals surface area (Å²) < 4.78 is 46.2. The molecule has 382 valence electrons. The van der Waals surface area contributed by atoms with Crippen LogP contribution in [0.4, 0.5) is 19.2 Å². The molecule has 24 nitrogen and oxygen atoms in total. The number of carbonyl (C=O) groups excluding carboxylic acids is 5. The lowest BCUT2D eigenvalue weighted by Crippen LogP contribution is -2.70. The maximum absolute atomic E-state index is 13.7. The molecule has 14 atom stereocenters. The Morgan fingerprint density at radius 2 is 1.09 bits per heavy atom. The van der Waals surface area contributed by atoms with Gasteiger partial charge in [-0.1, -0.05) is 0 Å². The topological polar surface area (TPSA) is 347 Å². The summed E-state index contributed by atoms with van der Waals surface area (Å²) in [5.74, 6) is -1.01. The number of carbonyl (C=O) groups is 5. The predicted octanol–water partition coefficient (Wildman–Crippen LogP) is -0.135. The molecule has 0 spiro atoms. The number of ether oxygens (including phenoxy) is 8. The quantitative estimate of drug-likeness (QED) is 0.101. The highest BCUT2D eigenvalue weighted by Gasteiger charge is 2.53. The first kappa shape index (κ1) is 56.5. The number of alkyl carbamates (subject to hydrolysis) is 4. The van der Waals surface area contributed by atoms with Crippen LogP contribution >= 0.6 is 0 Å². The molecule has 6 unspecified atom stereocenters. The van der Waals surface area contributed by atoms with E-state index in [4.69, 9.17) is 43.6 Å². The highest BCUT2D eigenvalue weighted by atomic mass is 16.7. The molecule has 0 radical (unpaired) electrons. The van der Waals surface area contributed by atoms with E-state index in [1.165, 1.54) is 0 Å². The monoisotopic (exact) mass is 953 g/mol. The molecule has 2 saturated heterocycles. The molecule has 24 heteroatoms. The van der Waals surface area contributed by atoms with Crippen LogP contribution in [-0.4, -0.2) is 183 Å². The van der Waals surface area contributed by atoms with Gasteiger partial charge < -0.3 is 95.7 Å². The minimum Gasteiger partial charge on any atom is -0.444 e. The fraction of sp³-hybridized carbons (Fsp3) is 0.881. The van der Waals surface area contributed by atoms with Crippen LogP contribution in [0.2, 0.25) is 0 Å². The molecule has 0 aromatic heterocycles. The Kier molecular flexibility index (Phi) is 20.1. The number of hydrogen-bond donors (Lipinski definition) is 11. The van der Waals surface area contributed by atoms with E-state index in [0.717, 1.165) is 0 Å². The molecular weight excluding hydrogens is 876 g/mol. The molecule has 3 fully saturated rings. The molecule has 0 aromatic rings. The summed E-state index contributed by atoms with van der Waals surface area (Å²) in [6.45, 7) is 18.7. The summed E-state index contributed by atoms with van der Waals surface area (Å²) >= 11 is 0. The number of amides is 5. The van der Waals surface area contributed by atoms with E-state index in [1.54, 1.807) is 83.1 Å². The van der Waals surface area contributed by atoms with Crippen LogP contribution in [0.1, 0.15) is 109 Å². The summed E-state index contributed by atoms with van der Waals surface area (Å²) in [4.78, 5) is 65.2. The minimum absolute atomic E-state index is 0.0502. The SMILES string of the molecule is CC(C)(C)OC(=O)NCC[C@H](O)C(=O)N[C@@H]1C[C@@H](NC(=O)OC(C)(C)C)C(O[C@H]2OC(CN)CCC2NC(=O)OC(C)(C)C)C(O)[C@H]1O[C@H]1OC(CO)[C@@H](O)[C@H](NC(=O)OC(C)(C)C)C1O. The van der Waals surface area contributed by atoms with Crippen LogP contribution in [0.5, 0.6) is 0 Å². The van der Waals surface area contributed by atoms with Crippen molar-refractivity contribution in [2.45, 2.75) is 217 Å². The molecule has 3 rings (SSSR count). The second-order valence-electron chi connectivity index (χ2n) is 20.6. The van der Waals surface area contributed by atoms with Gasteiger partial charge in [-0.15, -0.1) is 0 Å². The lowest BCUT2D eigenvalue weighted by molar-refractivity contribution is -0.316. The van der Waals surface area contributed by atoms with Crippen molar-refractivity contribution in [3.63, 3.8) is 0 Å². The summed E-state index contributed by atoms with van der Waals surface area (Å²) in [6.07, 6.45) is -19.4. The van der Waals surface area contributed by atoms with Gasteiger partial charge in [-0.25, -0.2) is 19.2 Å². The summed E-state index contributed by atoms with van der Waals surface area (Å²) in [7, 11) is 0. The molecule has 5 amide bonds. The first-order valence-corrected chi connectivity index (χ1v) is 22.2. The Morgan fingerprint density at radius 3 is 1.59 bits per heavy atom. The van der Waals surface area contributed by atoms with E-state index >= 15 is 0 Å². The van der Waals surface area contributed by atoms with E-state index in [1.807, 2.05) is 0 Å². The number of hydrogen-bond acceptors (Lipinski definition) is 19. The third-order valence-electron chi connectivity index (χ3n) is 9.96. The fourth-order valence-corrected chi connectivity index (χ4v) is 7.21. The van der Waals surface area contributed by atoms with Crippen molar-refractivity contribution >= 4 is 30.3 Å². The highest BCUT2D eigenvalue weighted by Crippen LogP contribution is 2.33. The smallest absolute Gasteiger partial charge is 0.408 e. The zero-order valence-electron chi connectivity index (χ0n) is 40.2. The summed E-state index contributed by atoms with van der Waals surface area (Å²) in [5.41, 5.74) is 2.30. The van der Waals surface area contributed by atoms with Crippen LogP contribution < -0.4 is 32.3 Å². The molecule has 0 bridgehead atoms. The minimum atomic E-state index is -1.92. The van der Waals surface area contributed by atoms with E-state index in [9.17, 15) is 49.5 Å². The van der Waals surface area contributed by atoms with Gasteiger partial charge in [0.05, 0.1) is 36.9 Å². The van der Waals surface area contributed by atoms with Crippen LogP contribution in [0.3, 0.4) is 0 Å². The lowest BCUT2D eigenvalue weighted by Gasteiger charge is -2.49. The van der Waals surface area contributed by atoms with Crippen molar-refractivity contribution in [1.29, 1.82) is 0 Å².